The predicted octanol–water partition coefficient (Wildman–Crippen LogP) is 2.51. The fourth-order valence-corrected chi connectivity index (χ4v) is 2.28. The lowest BCUT2D eigenvalue weighted by Gasteiger charge is -2.32. The highest BCUT2D eigenvalue weighted by molar-refractivity contribution is 5.75. The van der Waals surface area contributed by atoms with Gasteiger partial charge in [-0.2, -0.15) is 0 Å². The number of aryl methyl sites for hydroxylation is 1. The number of halogens is 1. The zero-order valence-electron chi connectivity index (χ0n) is 10.5. The van der Waals surface area contributed by atoms with Crippen LogP contribution >= 0.6 is 0 Å². The number of carboxylic acids is 1. The average molecular weight is 240 g/mol. The summed E-state index contributed by atoms with van der Waals surface area (Å²) in [7, 11) is 1.32. The lowest BCUT2D eigenvalue weighted by Crippen LogP contribution is -2.42. The number of ether oxygens (including phenoxy) is 1. The van der Waals surface area contributed by atoms with Gasteiger partial charge >= 0.3 is 5.97 Å². The first-order chi connectivity index (χ1) is 7.82. The van der Waals surface area contributed by atoms with E-state index in [1.54, 1.807) is 32.9 Å². The summed E-state index contributed by atoms with van der Waals surface area (Å²) in [6.07, 6.45) is -1.09. The van der Waals surface area contributed by atoms with Gasteiger partial charge in [-0.15, -0.1) is 0 Å². The maximum atomic E-state index is 13.9. The van der Waals surface area contributed by atoms with E-state index in [-0.39, 0.29) is 0 Å². The molecular formula is C13H17FO3. The third-order valence-corrected chi connectivity index (χ3v) is 2.98. The molecular weight excluding hydrogens is 223 g/mol. The number of carboxylic acid groups (broad SMARTS) is 1. The fraction of sp³-hybridized carbons (Fsp3) is 0.462. The molecule has 1 rings (SSSR count). The molecule has 0 saturated carbocycles. The largest absolute Gasteiger partial charge is 0.479 e. The van der Waals surface area contributed by atoms with Crippen molar-refractivity contribution in [1.82, 2.24) is 0 Å². The van der Waals surface area contributed by atoms with Crippen molar-refractivity contribution in [3.05, 3.63) is 35.1 Å². The summed E-state index contributed by atoms with van der Waals surface area (Å²) in [4.78, 5) is 11.1. The van der Waals surface area contributed by atoms with Gasteiger partial charge in [-0.25, -0.2) is 9.18 Å². The van der Waals surface area contributed by atoms with Crippen LogP contribution < -0.4 is 0 Å². The van der Waals surface area contributed by atoms with Crippen molar-refractivity contribution < 1.29 is 19.0 Å². The Morgan fingerprint density at radius 3 is 2.47 bits per heavy atom. The second-order valence-electron chi connectivity index (χ2n) is 4.61. The molecule has 1 atom stereocenters. The van der Waals surface area contributed by atoms with E-state index in [1.807, 2.05) is 0 Å². The van der Waals surface area contributed by atoms with Gasteiger partial charge in [-0.3, -0.25) is 0 Å². The van der Waals surface area contributed by atoms with Crippen LogP contribution in [0.25, 0.3) is 0 Å². The molecule has 1 N–H and O–H groups in total. The summed E-state index contributed by atoms with van der Waals surface area (Å²) in [6, 6.07) is 4.69. The van der Waals surface area contributed by atoms with E-state index >= 15 is 0 Å². The van der Waals surface area contributed by atoms with E-state index in [9.17, 15) is 9.18 Å². The number of hydrogen-bond acceptors (Lipinski definition) is 2. The van der Waals surface area contributed by atoms with E-state index in [0.717, 1.165) is 5.56 Å². The zero-order chi connectivity index (χ0) is 13.2. The molecule has 17 heavy (non-hydrogen) atoms. The standard InChI is InChI=1S/C13H17FO3/c1-8-6-5-7-9(14)10(8)13(2,3)11(17-4)12(15)16/h5-7,11H,1-4H3,(H,15,16). The molecule has 0 fully saturated rings. The summed E-state index contributed by atoms with van der Waals surface area (Å²) in [6.45, 7) is 5.09. The van der Waals surface area contributed by atoms with Crippen LogP contribution in [0.3, 0.4) is 0 Å². The first-order valence-corrected chi connectivity index (χ1v) is 5.33. The monoisotopic (exact) mass is 240 g/mol. The second kappa shape index (κ2) is 4.84. The van der Waals surface area contributed by atoms with Crippen molar-refractivity contribution in [2.24, 2.45) is 0 Å². The van der Waals surface area contributed by atoms with Gasteiger partial charge in [0.15, 0.2) is 6.10 Å². The molecule has 0 heterocycles. The Bertz CT molecular complexity index is 406. The van der Waals surface area contributed by atoms with E-state index in [1.165, 1.54) is 13.2 Å². The molecule has 0 aliphatic rings. The Kier molecular flexibility index (Phi) is 3.88. The van der Waals surface area contributed by atoms with Gasteiger partial charge in [0.25, 0.3) is 0 Å². The normalized spacial score (nSPS) is 13.5. The Morgan fingerprint density at radius 1 is 1.47 bits per heavy atom. The minimum Gasteiger partial charge on any atom is -0.479 e. The van der Waals surface area contributed by atoms with Gasteiger partial charge < -0.3 is 9.84 Å². The number of rotatable bonds is 4. The number of benzene rings is 1. The lowest BCUT2D eigenvalue weighted by molar-refractivity contribution is -0.152. The van der Waals surface area contributed by atoms with Crippen molar-refractivity contribution in [2.75, 3.05) is 7.11 Å². The summed E-state index contributed by atoms with van der Waals surface area (Å²) in [5.41, 5.74) is 0.170. The zero-order valence-corrected chi connectivity index (χ0v) is 10.5. The van der Waals surface area contributed by atoms with E-state index in [0.29, 0.717) is 5.56 Å². The molecule has 1 aromatic carbocycles. The molecule has 0 radical (unpaired) electrons. The van der Waals surface area contributed by atoms with Crippen LogP contribution in [0.5, 0.6) is 0 Å². The van der Waals surface area contributed by atoms with Crippen molar-refractivity contribution in [3.63, 3.8) is 0 Å². The van der Waals surface area contributed by atoms with Crippen LogP contribution in [0.4, 0.5) is 4.39 Å². The minimum atomic E-state index is -1.10. The SMILES string of the molecule is COC(C(=O)O)C(C)(C)c1c(C)cccc1F. The van der Waals surface area contributed by atoms with Crippen molar-refractivity contribution in [2.45, 2.75) is 32.3 Å². The Hall–Kier alpha value is -1.42. The molecule has 0 bridgehead atoms. The maximum Gasteiger partial charge on any atom is 0.333 e. The van der Waals surface area contributed by atoms with Gasteiger partial charge in [0.1, 0.15) is 5.82 Å². The molecule has 0 aromatic heterocycles. The third-order valence-electron chi connectivity index (χ3n) is 2.98. The van der Waals surface area contributed by atoms with Crippen LogP contribution in [0.2, 0.25) is 0 Å². The number of methoxy groups -OCH3 is 1. The minimum absolute atomic E-state index is 0.384. The number of aliphatic carboxylic acids is 1. The van der Waals surface area contributed by atoms with Gasteiger partial charge in [0, 0.05) is 12.5 Å². The van der Waals surface area contributed by atoms with E-state index in [2.05, 4.69) is 0 Å². The summed E-state index contributed by atoms with van der Waals surface area (Å²) in [5, 5.41) is 9.10. The first kappa shape index (κ1) is 13.6. The highest BCUT2D eigenvalue weighted by Crippen LogP contribution is 2.33. The van der Waals surface area contributed by atoms with Crippen molar-refractivity contribution in [3.8, 4) is 0 Å². The molecule has 0 aliphatic heterocycles. The van der Waals surface area contributed by atoms with Gasteiger partial charge in [-0.05, 0) is 24.1 Å². The van der Waals surface area contributed by atoms with Crippen LogP contribution in [-0.4, -0.2) is 24.3 Å². The van der Waals surface area contributed by atoms with E-state index in [4.69, 9.17) is 9.84 Å². The predicted molar refractivity (Wildman–Crippen MR) is 62.6 cm³/mol. The molecule has 3 nitrogen and oxygen atoms in total. The molecule has 0 saturated heterocycles. The fourth-order valence-electron chi connectivity index (χ4n) is 2.28. The molecule has 4 heteroatoms. The smallest absolute Gasteiger partial charge is 0.333 e. The number of carbonyl (C=O) groups is 1. The third kappa shape index (κ3) is 2.47. The summed E-state index contributed by atoms with van der Waals surface area (Å²) >= 11 is 0. The van der Waals surface area contributed by atoms with Crippen LogP contribution in [0.15, 0.2) is 18.2 Å². The van der Waals surface area contributed by atoms with Gasteiger partial charge in [-0.1, -0.05) is 26.0 Å². The van der Waals surface area contributed by atoms with Crippen LogP contribution in [-0.2, 0) is 14.9 Å². The highest BCUT2D eigenvalue weighted by Gasteiger charge is 2.39. The van der Waals surface area contributed by atoms with Crippen molar-refractivity contribution >= 4 is 5.97 Å². The van der Waals surface area contributed by atoms with E-state index < -0.39 is 23.3 Å². The molecule has 1 unspecified atom stereocenters. The lowest BCUT2D eigenvalue weighted by atomic mass is 9.77. The van der Waals surface area contributed by atoms with Crippen LogP contribution in [0, 0.1) is 12.7 Å². The van der Waals surface area contributed by atoms with Gasteiger partial charge in [0.2, 0.25) is 0 Å². The quantitative estimate of drug-likeness (QED) is 0.879. The summed E-state index contributed by atoms with van der Waals surface area (Å²) < 4.78 is 18.8. The van der Waals surface area contributed by atoms with Crippen LogP contribution in [0.1, 0.15) is 25.0 Å². The maximum absolute atomic E-state index is 13.9. The molecule has 94 valence electrons. The molecule has 0 spiro atoms. The Balaban J connectivity index is 3.34. The number of hydrogen-bond donors (Lipinski definition) is 1. The summed E-state index contributed by atoms with van der Waals surface area (Å²) in [5.74, 6) is -1.50. The molecule has 0 amide bonds. The topological polar surface area (TPSA) is 46.5 Å². The molecule has 0 aliphatic carbocycles. The van der Waals surface area contributed by atoms with Gasteiger partial charge in [0.05, 0.1) is 0 Å². The highest BCUT2D eigenvalue weighted by atomic mass is 19.1. The molecule has 1 aromatic rings. The first-order valence-electron chi connectivity index (χ1n) is 5.33. The second-order valence-corrected chi connectivity index (χ2v) is 4.61. The average Bonchev–Trinajstić information content (AvgIpc) is 2.16. The van der Waals surface area contributed by atoms with Crippen molar-refractivity contribution in [1.29, 1.82) is 0 Å². The Labute approximate surface area is 100 Å². The Morgan fingerprint density at radius 2 is 2.06 bits per heavy atom.